The van der Waals surface area contributed by atoms with Crippen molar-refractivity contribution in [1.82, 2.24) is 5.32 Å². The lowest BCUT2D eigenvalue weighted by atomic mass is 9.82. The van der Waals surface area contributed by atoms with Crippen molar-refractivity contribution in [3.8, 4) is 0 Å². The van der Waals surface area contributed by atoms with Crippen LogP contribution in [-0.2, 0) is 4.79 Å². The number of rotatable bonds is 0. The van der Waals surface area contributed by atoms with Crippen molar-refractivity contribution in [3.63, 3.8) is 0 Å². The monoisotopic (exact) mass is 135 g/mol. The Morgan fingerprint density at radius 1 is 1.40 bits per heavy atom. The van der Waals surface area contributed by atoms with Crippen LogP contribution < -0.4 is 5.32 Å². The summed E-state index contributed by atoms with van der Waals surface area (Å²) < 4.78 is 0. The van der Waals surface area contributed by atoms with E-state index in [9.17, 15) is 4.79 Å². The van der Waals surface area contributed by atoms with E-state index in [1.807, 2.05) is 0 Å². The van der Waals surface area contributed by atoms with Gasteiger partial charge in [-0.15, -0.1) is 0 Å². The summed E-state index contributed by atoms with van der Waals surface area (Å²) in [6.45, 7) is 0. The Kier molecular flexibility index (Phi) is 0.636. The molecule has 1 amide bonds. The fourth-order valence-electron chi connectivity index (χ4n) is 2.54. The van der Waals surface area contributed by atoms with Gasteiger partial charge >= 0.3 is 0 Å². The number of hydrogen-bond acceptors (Lipinski definition) is 1. The largest absolute Gasteiger partial charge is 0.352 e. The lowest BCUT2D eigenvalue weighted by Gasteiger charge is -2.37. The van der Waals surface area contributed by atoms with E-state index in [1.165, 1.54) is 6.42 Å². The van der Waals surface area contributed by atoms with Crippen molar-refractivity contribution in [3.05, 3.63) is 12.2 Å². The molecule has 0 aromatic carbocycles. The molecule has 3 rings (SSSR count). The van der Waals surface area contributed by atoms with Gasteiger partial charge in [0.15, 0.2) is 0 Å². The maximum absolute atomic E-state index is 11.0. The fourth-order valence-corrected chi connectivity index (χ4v) is 2.54. The van der Waals surface area contributed by atoms with Gasteiger partial charge in [0.2, 0.25) is 5.91 Å². The molecule has 1 aliphatic heterocycles. The van der Waals surface area contributed by atoms with E-state index in [4.69, 9.17) is 0 Å². The van der Waals surface area contributed by atoms with Crippen LogP contribution in [0.4, 0.5) is 0 Å². The Labute approximate surface area is 59.3 Å². The van der Waals surface area contributed by atoms with Gasteiger partial charge in [0.05, 0.1) is 5.92 Å². The van der Waals surface area contributed by atoms with E-state index in [-0.39, 0.29) is 5.91 Å². The highest BCUT2D eigenvalue weighted by Gasteiger charge is 2.54. The second-order valence-corrected chi connectivity index (χ2v) is 3.51. The summed E-state index contributed by atoms with van der Waals surface area (Å²) in [4.78, 5) is 11.0. The van der Waals surface area contributed by atoms with E-state index >= 15 is 0 Å². The SMILES string of the molecule is O=C1N[C@H]2C3C=C[C@@H](C3)[C@@H]12. The smallest absolute Gasteiger partial charge is 0.226 e. The highest BCUT2D eigenvalue weighted by atomic mass is 16.2. The highest BCUT2D eigenvalue weighted by Crippen LogP contribution is 2.47. The number of nitrogens with one attached hydrogen (secondary N) is 1. The molecule has 3 aliphatic rings. The first-order valence-corrected chi connectivity index (χ1v) is 3.85. The summed E-state index contributed by atoms with van der Waals surface area (Å²) in [5.74, 6) is 1.90. The first-order chi connectivity index (χ1) is 4.86. The second kappa shape index (κ2) is 1.29. The summed E-state index contributed by atoms with van der Waals surface area (Å²) >= 11 is 0. The maximum atomic E-state index is 11.0. The van der Waals surface area contributed by atoms with Crippen LogP contribution in [0.25, 0.3) is 0 Å². The topological polar surface area (TPSA) is 29.1 Å². The highest BCUT2D eigenvalue weighted by molar-refractivity contribution is 5.87. The maximum Gasteiger partial charge on any atom is 0.226 e. The molecule has 2 bridgehead atoms. The zero-order chi connectivity index (χ0) is 6.72. The van der Waals surface area contributed by atoms with Crippen LogP contribution in [0.5, 0.6) is 0 Å². The number of β-lactam (4-membered cyclic amide) rings is 1. The average Bonchev–Trinajstić information content (AvgIpc) is 2.40. The minimum Gasteiger partial charge on any atom is -0.352 e. The van der Waals surface area contributed by atoms with E-state index in [2.05, 4.69) is 17.5 Å². The molecule has 0 radical (unpaired) electrons. The second-order valence-electron chi connectivity index (χ2n) is 3.51. The molecule has 10 heavy (non-hydrogen) atoms. The molecular formula is C8H9NO. The molecule has 2 aliphatic carbocycles. The van der Waals surface area contributed by atoms with Gasteiger partial charge in [0.1, 0.15) is 0 Å². The molecule has 0 spiro atoms. The Hall–Kier alpha value is -0.790. The van der Waals surface area contributed by atoms with Gasteiger partial charge in [-0.2, -0.15) is 0 Å². The van der Waals surface area contributed by atoms with Crippen molar-refractivity contribution in [2.75, 3.05) is 0 Å². The zero-order valence-corrected chi connectivity index (χ0v) is 5.58. The molecule has 2 heteroatoms. The molecule has 2 nitrogen and oxygen atoms in total. The van der Waals surface area contributed by atoms with Crippen molar-refractivity contribution in [2.24, 2.45) is 17.8 Å². The van der Waals surface area contributed by atoms with Crippen LogP contribution in [0.1, 0.15) is 6.42 Å². The van der Waals surface area contributed by atoms with E-state index in [1.54, 1.807) is 0 Å². The van der Waals surface area contributed by atoms with Gasteiger partial charge in [0.25, 0.3) is 0 Å². The third-order valence-electron chi connectivity index (χ3n) is 3.07. The van der Waals surface area contributed by atoms with Crippen LogP contribution in [0.3, 0.4) is 0 Å². The molecule has 1 saturated heterocycles. The normalized spacial score (nSPS) is 54.2. The molecule has 1 N–H and O–H groups in total. The Morgan fingerprint density at radius 3 is 2.80 bits per heavy atom. The molecule has 1 heterocycles. The minimum atomic E-state index is 0.279. The van der Waals surface area contributed by atoms with Gasteiger partial charge in [-0.25, -0.2) is 0 Å². The standard InChI is InChI=1S/C8H9NO/c10-8-6-4-1-2-5(3-4)7(6)9-8/h1-2,4-7H,3H2,(H,9,10)/t4-,5?,6+,7-/m0/s1. The van der Waals surface area contributed by atoms with Crippen molar-refractivity contribution < 1.29 is 4.79 Å². The minimum absolute atomic E-state index is 0.279. The molecule has 52 valence electrons. The average molecular weight is 135 g/mol. The van der Waals surface area contributed by atoms with E-state index in [0.29, 0.717) is 23.8 Å². The first-order valence-electron chi connectivity index (χ1n) is 3.85. The fraction of sp³-hybridized carbons (Fsp3) is 0.625. The lowest BCUT2D eigenvalue weighted by Crippen LogP contribution is -2.59. The molecule has 2 fully saturated rings. The van der Waals surface area contributed by atoms with Crippen LogP contribution in [0.15, 0.2) is 12.2 Å². The first kappa shape index (κ1) is 4.94. The van der Waals surface area contributed by atoms with E-state index < -0.39 is 0 Å². The van der Waals surface area contributed by atoms with Gasteiger partial charge in [-0.3, -0.25) is 4.79 Å². The summed E-state index contributed by atoms with van der Waals surface area (Å²) in [5.41, 5.74) is 0. The molecule has 0 aromatic rings. The number of fused-ring (bicyclic) bond motifs is 5. The predicted octanol–water partition coefficient (Wildman–Crippen LogP) is 0.307. The van der Waals surface area contributed by atoms with Gasteiger partial charge in [0, 0.05) is 6.04 Å². The number of carbonyl (C=O) groups is 1. The van der Waals surface area contributed by atoms with Crippen LogP contribution >= 0.6 is 0 Å². The van der Waals surface area contributed by atoms with Crippen molar-refractivity contribution in [1.29, 1.82) is 0 Å². The summed E-state index contributed by atoms with van der Waals surface area (Å²) in [6, 6.07) is 0.516. The summed E-state index contributed by atoms with van der Waals surface area (Å²) in [6.07, 6.45) is 5.68. The van der Waals surface area contributed by atoms with Crippen LogP contribution in [0, 0.1) is 17.8 Å². The van der Waals surface area contributed by atoms with Crippen molar-refractivity contribution >= 4 is 5.91 Å². The Balaban J connectivity index is 2.03. The lowest BCUT2D eigenvalue weighted by molar-refractivity contribution is -0.135. The number of carbonyl (C=O) groups excluding carboxylic acids is 1. The Morgan fingerprint density at radius 2 is 2.20 bits per heavy atom. The molecule has 1 saturated carbocycles. The zero-order valence-electron chi connectivity index (χ0n) is 5.58. The quantitative estimate of drug-likeness (QED) is 0.376. The molecular weight excluding hydrogens is 126 g/mol. The van der Waals surface area contributed by atoms with Crippen molar-refractivity contribution in [2.45, 2.75) is 12.5 Å². The summed E-state index contributed by atoms with van der Waals surface area (Å²) in [7, 11) is 0. The third kappa shape index (κ3) is 0.349. The van der Waals surface area contributed by atoms with Gasteiger partial charge in [-0.1, -0.05) is 12.2 Å². The number of hydrogen-bond donors (Lipinski definition) is 1. The van der Waals surface area contributed by atoms with Crippen LogP contribution in [-0.4, -0.2) is 11.9 Å². The third-order valence-corrected chi connectivity index (χ3v) is 3.07. The predicted molar refractivity (Wildman–Crippen MR) is 36.2 cm³/mol. The molecule has 4 atom stereocenters. The van der Waals surface area contributed by atoms with Gasteiger partial charge in [-0.05, 0) is 18.3 Å². The van der Waals surface area contributed by atoms with E-state index in [0.717, 1.165) is 0 Å². The number of amides is 1. The number of allylic oxidation sites excluding steroid dienone is 1. The Bertz CT molecular complexity index is 233. The molecule has 0 aromatic heterocycles. The molecule has 1 unspecified atom stereocenters. The summed E-state index contributed by atoms with van der Waals surface area (Å²) in [5, 5.41) is 2.95. The van der Waals surface area contributed by atoms with Crippen LogP contribution in [0.2, 0.25) is 0 Å². The van der Waals surface area contributed by atoms with Gasteiger partial charge < -0.3 is 5.32 Å².